The van der Waals surface area contributed by atoms with Crippen LogP contribution in [0.1, 0.15) is 32.8 Å². The molecule has 0 aliphatic carbocycles. The predicted molar refractivity (Wildman–Crippen MR) is 119 cm³/mol. The molecular formula is C25H30N2O3. The number of benzene rings is 2. The number of carbonyl (C=O) groups is 2. The van der Waals surface area contributed by atoms with Crippen molar-refractivity contribution in [2.45, 2.75) is 45.3 Å². The molecule has 0 aromatic heterocycles. The van der Waals surface area contributed by atoms with Crippen LogP contribution in [0.25, 0.3) is 11.1 Å². The van der Waals surface area contributed by atoms with E-state index in [0.29, 0.717) is 18.4 Å². The number of hydrogen-bond donors (Lipinski definition) is 0. The zero-order chi connectivity index (χ0) is 21.9. The van der Waals surface area contributed by atoms with Crippen LogP contribution >= 0.6 is 0 Å². The fourth-order valence-corrected chi connectivity index (χ4v) is 3.62. The summed E-state index contributed by atoms with van der Waals surface area (Å²) in [5.41, 5.74) is 3.34. The lowest BCUT2D eigenvalue weighted by Gasteiger charge is -2.27. The van der Waals surface area contributed by atoms with Crippen LogP contribution in [0.4, 0.5) is 4.79 Å². The van der Waals surface area contributed by atoms with Crippen molar-refractivity contribution in [2.75, 3.05) is 14.1 Å². The average Bonchev–Trinajstić information content (AvgIpc) is 2.96. The average molecular weight is 407 g/mol. The largest absolute Gasteiger partial charge is 0.443 e. The number of imide groups is 1. The van der Waals surface area contributed by atoms with Gasteiger partial charge in [-0.3, -0.25) is 4.79 Å². The number of nitrogens with zero attached hydrogens (tertiary/aromatic N) is 2. The summed E-state index contributed by atoms with van der Waals surface area (Å²) in [4.78, 5) is 28.8. The monoisotopic (exact) mass is 406 g/mol. The van der Waals surface area contributed by atoms with Crippen LogP contribution in [0.3, 0.4) is 0 Å². The summed E-state index contributed by atoms with van der Waals surface area (Å²) in [5, 5.41) is 0. The van der Waals surface area contributed by atoms with Gasteiger partial charge in [-0.1, -0.05) is 54.6 Å². The molecule has 1 atom stereocenters. The topological polar surface area (TPSA) is 49.9 Å². The third-order valence-electron chi connectivity index (χ3n) is 4.85. The maximum Gasteiger partial charge on any atom is 0.417 e. The Hall–Kier alpha value is -3.08. The van der Waals surface area contributed by atoms with Crippen LogP contribution in [-0.4, -0.2) is 47.5 Å². The van der Waals surface area contributed by atoms with E-state index >= 15 is 0 Å². The second kappa shape index (κ2) is 8.74. The van der Waals surface area contributed by atoms with E-state index in [4.69, 9.17) is 4.74 Å². The number of hydrogen-bond acceptors (Lipinski definition) is 4. The lowest BCUT2D eigenvalue weighted by atomic mass is 9.99. The first-order valence-electron chi connectivity index (χ1n) is 10.2. The highest BCUT2D eigenvalue weighted by atomic mass is 16.6. The van der Waals surface area contributed by atoms with Crippen molar-refractivity contribution in [3.63, 3.8) is 0 Å². The Morgan fingerprint density at radius 3 is 2.23 bits per heavy atom. The normalized spacial score (nSPS) is 18.0. The van der Waals surface area contributed by atoms with Crippen molar-refractivity contribution in [3.8, 4) is 11.1 Å². The summed E-state index contributed by atoms with van der Waals surface area (Å²) in [6.45, 7) is 5.41. The quantitative estimate of drug-likeness (QED) is 0.679. The fraction of sp³-hybridized carbons (Fsp3) is 0.360. The fourth-order valence-electron chi connectivity index (χ4n) is 3.62. The lowest BCUT2D eigenvalue weighted by Crippen LogP contribution is -2.43. The van der Waals surface area contributed by atoms with E-state index in [2.05, 4.69) is 36.4 Å². The first-order chi connectivity index (χ1) is 14.1. The molecule has 3 rings (SSSR count). The van der Waals surface area contributed by atoms with Crippen molar-refractivity contribution in [3.05, 3.63) is 71.9 Å². The third-order valence-corrected chi connectivity index (χ3v) is 4.85. The molecule has 0 bridgehead atoms. The maximum absolute atomic E-state index is 12.9. The van der Waals surface area contributed by atoms with Crippen LogP contribution in [0.2, 0.25) is 0 Å². The van der Waals surface area contributed by atoms with Crippen LogP contribution < -0.4 is 0 Å². The molecule has 0 radical (unpaired) electrons. The third kappa shape index (κ3) is 5.29. The van der Waals surface area contributed by atoms with Gasteiger partial charge in [-0.15, -0.1) is 0 Å². The molecule has 0 saturated carbocycles. The highest BCUT2D eigenvalue weighted by molar-refractivity contribution is 6.05. The number of rotatable bonds is 4. The van der Waals surface area contributed by atoms with Crippen molar-refractivity contribution < 1.29 is 14.3 Å². The summed E-state index contributed by atoms with van der Waals surface area (Å²) >= 11 is 0. The molecule has 2 aromatic carbocycles. The first kappa shape index (κ1) is 21.6. The molecule has 1 heterocycles. The van der Waals surface area contributed by atoms with Gasteiger partial charge in [0.1, 0.15) is 5.60 Å². The molecule has 2 amide bonds. The highest BCUT2D eigenvalue weighted by Crippen LogP contribution is 2.29. The van der Waals surface area contributed by atoms with E-state index < -0.39 is 11.7 Å². The Labute approximate surface area is 178 Å². The van der Waals surface area contributed by atoms with Crippen molar-refractivity contribution in [1.29, 1.82) is 0 Å². The molecule has 0 unspecified atom stereocenters. The number of likely N-dealkylation sites (tertiary alicyclic amines) is 1. The molecule has 30 heavy (non-hydrogen) atoms. The van der Waals surface area contributed by atoms with Gasteiger partial charge < -0.3 is 9.64 Å². The minimum atomic E-state index is -0.659. The Kier molecular flexibility index (Phi) is 6.30. The Morgan fingerprint density at radius 2 is 1.67 bits per heavy atom. The minimum Gasteiger partial charge on any atom is -0.443 e. The molecule has 158 valence electrons. The molecular weight excluding hydrogens is 376 g/mol. The van der Waals surface area contributed by atoms with Gasteiger partial charge in [-0.25, -0.2) is 9.69 Å². The van der Waals surface area contributed by atoms with Gasteiger partial charge >= 0.3 is 6.09 Å². The van der Waals surface area contributed by atoms with Crippen LogP contribution in [0.5, 0.6) is 0 Å². The molecule has 0 spiro atoms. The highest BCUT2D eigenvalue weighted by Gasteiger charge is 2.41. The van der Waals surface area contributed by atoms with Gasteiger partial charge in [0.05, 0.1) is 6.04 Å². The van der Waals surface area contributed by atoms with E-state index in [-0.39, 0.29) is 11.9 Å². The van der Waals surface area contributed by atoms with E-state index in [0.717, 1.165) is 16.7 Å². The number of amides is 2. The standard InChI is InChI=1S/C25H30N2O3/c1-25(2,3)30-24(29)27-22(16-21(23(27)28)17-26(4)5)15-18-11-13-20(14-12-18)19-9-7-6-8-10-19/h6-14,17,22H,15-16H2,1-5H3/b21-17+/t22-/m1/s1. The lowest BCUT2D eigenvalue weighted by molar-refractivity contribution is -0.125. The number of carbonyl (C=O) groups excluding carboxylic acids is 2. The Balaban J connectivity index is 1.82. The van der Waals surface area contributed by atoms with Gasteiger partial charge in [0.15, 0.2) is 0 Å². The van der Waals surface area contributed by atoms with Crippen LogP contribution in [-0.2, 0) is 16.0 Å². The van der Waals surface area contributed by atoms with Gasteiger partial charge in [0, 0.05) is 32.3 Å². The summed E-state index contributed by atoms with van der Waals surface area (Å²) < 4.78 is 5.52. The molecule has 1 saturated heterocycles. The Bertz CT molecular complexity index is 925. The SMILES string of the molecule is CN(C)/C=C1\C[C@@H](Cc2ccc(-c3ccccc3)cc2)N(C(=O)OC(C)(C)C)C1=O. The summed E-state index contributed by atoms with van der Waals surface area (Å²) in [5.74, 6) is -0.274. The van der Waals surface area contributed by atoms with Gasteiger partial charge in [-0.05, 0) is 43.9 Å². The molecule has 1 fully saturated rings. The van der Waals surface area contributed by atoms with Crippen LogP contribution in [0.15, 0.2) is 66.4 Å². The zero-order valence-corrected chi connectivity index (χ0v) is 18.4. The van der Waals surface area contributed by atoms with Crippen molar-refractivity contribution in [1.82, 2.24) is 9.80 Å². The smallest absolute Gasteiger partial charge is 0.417 e. The van der Waals surface area contributed by atoms with Gasteiger partial charge in [-0.2, -0.15) is 0 Å². The molecule has 5 heteroatoms. The van der Waals surface area contributed by atoms with E-state index in [1.165, 1.54) is 4.90 Å². The molecule has 0 N–H and O–H groups in total. The number of ether oxygens (including phenoxy) is 1. The maximum atomic E-state index is 12.9. The van der Waals surface area contributed by atoms with E-state index in [1.807, 2.05) is 37.2 Å². The van der Waals surface area contributed by atoms with Crippen LogP contribution in [0, 0.1) is 0 Å². The van der Waals surface area contributed by atoms with Gasteiger partial charge in [0.25, 0.3) is 5.91 Å². The molecule has 1 aliphatic heterocycles. The molecule has 2 aromatic rings. The predicted octanol–water partition coefficient (Wildman–Crippen LogP) is 4.88. The van der Waals surface area contributed by atoms with E-state index in [9.17, 15) is 9.59 Å². The summed E-state index contributed by atoms with van der Waals surface area (Å²) in [6, 6.07) is 18.2. The second-order valence-electron chi connectivity index (χ2n) is 8.90. The molecule has 1 aliphatic rings. The van der Waals surface area contributed by atoms with Crippen molar-refractivity contribution in [2.24, 2.45) is 0 Å². The van der Waals surface area contributed by atoms with E-state index in [1.54, 1.807) is 27.0 Å². The second-order valence-corrected chi connectivity index (χ2v) is 8.90. The minimum absolute atomic E-state index is 0.263. The Morgan fingerprint density at radius 1 is 1.07 bits per heavy atom. The summed E-state index contributed by atoms with van der Waals surface area (Å²) in [7, 11) is 3.74. The molecule has 5 nitrogen and oxygen atoms in total. The summed E-state index contributed by atoms with van der Waals surface area (Å²) in [6.07, 6.45) is 2.31. The van der Waals surface area contributed by atoms with Crippen molar-refractivity contribution >= 4 is 12.0 Å². The first-order valence-corrected chi connectivity index (χ1v) is 10.2. The van der Waals surface area contributed by atoms with Gasteiger partial charge in [0.2, 0.25) is 0 Å². The zero-order valence-electron chi connectivity index (χ0n) is 18.4.